The van der Waals surface area contributed by atoms with E-state index in [-0.39, 0.29) is 0 Å². The zero-order valence-corrected chi connectivity index (χ0v) is 13.6. The average Bonchev–Trinajstić information content (AvgIpc) is 3.11. The van der Waals surface area contributed by atoms with Gasteiger partial charge in [-0.15, -0.1) is 32.9 Å². The van der Waals surface area contributed by atoms with Crippen molar-refractivity contribution in [3.63, 3.8) is 0 Å². The van der Waals surface area contributed by atoms with Gasteiger partial charge in [0.25, 0.3) is 0 Å². The maximum absolute atomic E-state index is 8.49. The number of thiophene rings is 2. The van der Waals surface area contributed by atoms with Gasteiger partial charge in [-0.1, -0.05) is 12.1 Å². The molecule has 3 rings (SSSR count). The van der Waals surface area contributed by atoms with Gasteiger partial charge in [0, 0.05) is 21.9 Å². The summed E-state index contributed by atoms with van der Waals surface area (Å²) in [5.74, 6) is 0. The number of rotatable bonds is 2. The van der Waals surface area contributed by atoms with Crippen LogP contribution in [0.2, 0.25) is 0 Å². The van der Waals surface area contributed by atoms with Crippen LogP contribution in [0.5, 0.6) is 0 Å². The summed E-state index contributed by atoms with van der Waals surface area (Å²) in [7, 11) is -4.94. The summed E-state index contributed by atoms with van der Waals surface area (Å²) in [6.45, 7) is 0. The maximum atomic E-state index is 8.49. The van der Waals surface area contributed by atoms with Crippen molar-refractivity contribution in [2.75, 3.05) is 0 Å². The molecule has 0 fully saturated rings. The lowest BCUT2D eigenvalue weighted by molar-refractivity contribution is -2.00. The second-order valence-electron chi connectivity index (χ2n) is 3.68. The second-order valence-corrected chi connectivity index (χ2v) is 7.28. The lowest BCUT2D eigenvalue weighted by atomic mass is 10.1. The molecule has 0 atom stereocenters. The molecule has 0 saturated heterocycles. The van der Waals surface area contributed by atoms with Crippen molar-refractivity contribution < 1.29 is 28.9 Å². The highest BCUT2D eigenvalue weighted by atomic mass is 35.7. The lowest BCUT2D eigenvalue weighted by Gasteiger charge is -2.17. The Bertz CT molecular complexity index is 596. The van der Waals surface area contributed by atoms with Gasteiger partial charge in [-0.3, -0.25) is 0 Å². The normalized spacial score (nSPS) is 13.2. The smallest absolute Gasteiger partial charge is 0.222 e. The third-order valence-corrected chi connectivity index (χ3v) is 4.96. The fourth-order valence-corrected chi connectivity index (χ4v) is 4.22. The molecule has 2 aromatic rings. The van der Waals surface area contributed by atoms with Crippen LogP contribution in [0, 0.1) is 10.2 Å². The van der Waals surface area contributed by atoms with Crippen molar-refractivity contribution in [2.45, 2.75) is 0 Å². The van der Waals surface area contributed by atoms with E-state index in [0.29, 0.717) is 0 Å². The van der Waals surface area contributed by atoms with Crippen LogP contribution in [0.4, 0.5) is 0 Å². The highest BCUT2D eigenvalue weighted by Crippen LogP contribution is 2.33. The molecule has 2 aromatic heterocycles. The van der Waals surface area contributed by atoms with Crippen LogP contribution in [0.3, 0.4) is 0 Å². The van der Waals surface area contributed by atoms with E-state index in [2.05, 4.69) is 52.5 Å². The third kappa shape index (κ3) is 5.42. The lowest BCUT2D eigenvalue weighted by Crippen LogP contribution is -2.68. The minimum atomic E-state index is -4.94. The van der Waals surface area contributed by atoms with Gasteiger partial charge in [0.05, 0.1) is 5.57 Å². The molecule has 0 aromatic carbocycles. The third-order valence-electron chi connectivity index (χ3n) is 2.30. The molecule has 0 N–H and O–H groups in total. The van der Waals surface area contributed by atoms with Crippen LogP contribution >= 0.6 is 22.7 Å². The average molecular weight is 361 g/mol. The van der Waals surface area contributed by atoms with Gasteiger partial charge in [-0.05, 0) is 22.9 Å². The largest absolute Gasteiger partial charge is 0.241 e. The molecule has 0 saturated carbocycles. The van der Waals surface area contributed by atoms with E-state index in [1.807, 2.05) is 0 Å². The number of hydrogen-bond acceptors (Lipinski definition) is 6. The Morgan fingerprint density at radius 3 is 1.81 bits per heavy atom. The van der Waals surface area contributed by atoms with E-state index in [1.165, 1.54) is 20.2 Å². The Morgan fingerprint density at radius 1 is 0.952 bits per heavy atom. The van der Waals surface area contributed by atoms with Crippen molar-refractivity contribution in [1.82, 2.24) is 0 Å². The SMILES string of the molecule is C1=CC(=C(c2cccs2)c2cccs2)[S+]=C1.[O-][Cl+3]([O-])([O-])[O-]. The summed E-state index contributed by atoms with van der Waals surface area (Å²) in [6.07, 6.45) is 4.31. The van der Waals surface area contributed by atoms with E-state index in [4.69, 9.17) is 18.6 Å². The van der Waals surface area contributed by atoms with Gasteiger partial charge in [-0.25, -0.2) is 18.6 Å². The highest BCUT2D eigenvalue weighted by Gasteiger charge is 2.20. The van der Waals surface area contributed by atoms with Gasteiger partial charge >= 0.3 is 0 Å². The quantitative estimate of drug-likeness (QED) is 0.521. The van der Waals surface area contributed by atoms with Crippen LogP contribution in [-0.2, 0) is 11.4 Å². The van der Waals surface area contributed by atoms with E-state index >= 15 is 0 Å². The molecular formula is C13H9ClO4S3. The minimum Gasteiger partial charge on any atom is -0.222 e. The zero-order valence-electron chi connectivity index (χ0n) is 10.4. The van der Waals surface area contributed by atoms with Gasteiger partial charge in [0.2, 0.25) is 16.3 Å². The van der Waals surface area contributed by atoms with Crippen molar-refractivity contribution >= 4 is 45.0 Å². The van der Waals surface area contributed by atoms with Gasteiger partial charge < -0.3 is 0 Å². The Balaban J connectivity index is 0.000000282. The van der Waals surface area contributed by atoms with E-state index in [1.54, 1.807) is 34.0 Å². The van der Waals surface area contributed by atoms with Crippen LogP contribution in [0.15, 0.2) is 52.1 Å². The first-order chi connectivity index (χ1) is 9.95. The first kappa shape index (κ1) is 16.5. The summed E-state index contributed by atoms with van der Waals surface area (Å²) >= 11 is 5.41. The number of halogens is 1. The fraction of sp³-hybridized carbons (Fsp3) is 0. The molecule has 4 nitrogen and oxygen atoms in total. The topological polar surface area (TPSA) is 92.2 Å². The van der Waals surface area contributed by atoms with Gasteiger partial charge in [0.15, 0.2) is 5.37 Å². The molecule has 8 heteroatoms. The Kier molecular flexibility index (Phi) is 5.80. The Morgan fingerprint density at radius 2 is 1.48 bits per heavy atom. The zero-order chi connectivity index (χ0) is 15.3. The maximum Gasteiger partial charge on any atom is 0.241 e. The summed E-state index contributed by atoms with van der Waals surface area (Å²) in [4.78, 5) is 4.06. The van der Waals surface area contributed by atoms with Crippen LogP contribution in [-0.4, -0.2) is 5.37 Å². The molecule has 1 aliphatic heterocycles. The minimum absolute atomic E-state index is 1.35. The van der Waals surface area contributed by atoms with E-state index in [9.17, 15) is 0 Å². The molecule has 110 valence electrons. The van der Waals surface area contributed by atoms with Crippen molar-refractivity contribution in [1.29, 1.82) is 0 Å². The monoisotopic (exact) mass is 360 g/mol. The molecule has 0 radical (unpaired) electrons. The Hall–Kier alpha value is -0.900. The molecule has 1 aliphatic rings. The predicted molar refractivity (Wildman–Crippen MR) is 77.2 cm³/mol. The Labute approximate surface area is 135 Å². The summed E-state index contributed by atoms with van der Waals surface area (Å²) < 4.78 is 34.0. The van der Waals surface area contributed by atoms with Crippen molar-refractivity contribution in [2.24, 2.45) is 0 Å². The van der Waals surface area contributed by atoms with Crippen LogP contribution < -0.4 is 18.6 Å². The van der Waals surface area contributed by atoms with E-state index < -0.39 is 10.2 Å². The number of hydrogen-bond donors (Lipinski definition) is 0. The first-order valence-electron chi connectivity index (χ1n) is 5.55. The summed E-state index contributed by atoms with van der Waals surface area (Å²) in [5.41, 5.74) is 1.38. The summed E-state index contributed by atoms with van der Waals surface area (Å²) in [5, 5.41) is 6.41. The molecular weight excluding hydrogens is 352 g/mol. The highest BCUT2D eigenvalue weighted by molar-refractivity contribution is 7.82. The number of allylic oxidation sites excluding steroid dienone is 2. The van der Waals surface area contributed by atoms with Crippen molar-refractivity contribution in [3.8, 4) is 0 Å². The standard InChI is InChI=1S/C13H9S3.ClHO4/c1-4-10(14-7-1)13(11-5-2-8-15-11)12-6-3-9-16-12;2-1(3,4)5/h1-9H;(H,2,3,4,5)/q+1;/p-1. The van der Waals surface area contributed by atoms with Crippen LogP contribution in [0.25, 0.3) is 5.57 Å². The van der Waals surface area contributed by atoms with Gasteiger partial charge in [0.1, 0.15) is 0 Å². The van der Waals surface area contributed by atoms with Crippen LogP contribution in [0.1, 0.15) is 9.75 Å². The molecule has 0 spiro atoms. The molecule has 0 aliphatic carbocycles. The molecule has 3 heterocycles. The summed E-state index contributed by atoms with van der Waals surface area (Å²) in [6, 6.07) is 8.61. The molecule has 0 unspecified atom stereocenters. The van der Waals surface area contributed by atoms with Gasteiger partial charge in [-0.2, -0.15) is 0 Å². The second kappa shape index (κ2) is 7.39. The fourth-order valence-electron chi connectivity index (χ4n) is 1.63. The predicted octanol–water partition coefficient (Wildman–Crippen LogP) is -0.732. The molecule has 21 heavy (non-hydrogen) atoms. The first-order valence-corrected chi connectivity index (χ1v) is 9.43. The van der Waals surface area contributed by atoms with Crippen molar-refractivity contribution in [3.05, 3.63) is 61.8 Å². The molecule has 0 bridgehead atoms. The van der Waals surface area contributed by atoms with E-state index in [0.717, 1.165) is 0 Å². The molecule has 0 amide bonds.